The van der Waals surface area contributed by atoms with Crippen LogP contribution in [0, 0.1) is 5.82 Å². The standard InChI is InChI=1S/C24H20F2N6O3S/c25-16-11-32(12-16)36(34,35)31-20-3-1-2-17(21(20)26)22(33)19-10-30-24-18(19)6-14(7-29-24)15-8-27-23(28-9-15)13-4-5-13/h1-3,6-10,13,16,31H,4-5,11-12H2,(H,29,30). The van der Waals surface area contributed by atoms with Crippen LogP contribution >= 0.6 is 0 Å². The predicted molar refractivity (Wildman–Crippen MR) is 128 cm³/mol. The van der Waals surface area contributed by atoms with E-state index in [1.54, 1.807) is 24.7 Å². The molecule has 0 bridgehead atoms. The Morgan fingerprint density at radius 1 is 1.06 bits per heavy atom. The van der Waals surface area contributed by atoms with Gasteiger partial charge >= 0.3 is 10.2 Å². The van der Waals surface area contributed by atoms with Crippen LogP contribution in [0.1, 0.15) is 40.5 Å². The van der Waals surface area contributed by atoms with Gasteiger partial charge in [-0.1, -0.05) is 6.07 Å². The SMILES string of the molecule is O=C(c1cccc(NS(=O)(=O)N2CC(F)C2)c1F)c1c[nH]c2ncc(-c3cnc(C4CC4)nc3)cc12. The van der Waals surface area contributed by atoms with E-state index in [9.17, 15) is 17.6 Å². The number of nitrogens with one attached hydrogen (secondary N) is 2. The minimum atomic E-state index is -4.14. The highest BCUT2D eigenvalue weighted by Crippen LogP contribution is 2.38. The van der Waals surface area contributed by atoms with Crippen molar-refractivity contribution in [1.82, 2.24) is 24.2 Å². The fraction of sp³-hybridized carbons (Fsp3) is 0.250. The molecule has 6 rings (SSSR count). The number of aromatic amines is 1. The smallest absolute Gasteiger partial charge is 0.301 e. The van der Waals surface area contributed by atoms with Crippen LogP contribution in [0.3, 0.4) is 0 Å². The molecule has 1 saturated carbocycles. The molecule has 1 aliphatic heterocycles. The first-order valence-electron chi connectivity index (χ1n) is 11.3. The molecule has 2 N–H and O–H groups in total. The number of pyridine rings is 1. The molecule has 3 aromatic heterocycles. The molecular formula is C24H20F2N6O3S. The molecule has 0 atom stereocenters. The van der Waals surface area contributed by atoms with E-state index in [0.717, 1.165) is 28.5 Å². The topological polar surface area (TPSA) is 121 Å². The van der Waals surface area contributed by atoms with E-state index in [0.29, 0.717) is 22.5 Å². The number of aromatic nitrogens is 4. The normalized spacial score (nSPS) is 16.7. The van der Waals surface area contributed by atoms with Crippen molar-refractivity contribution >= 4 is 32.7 Å². The third kappa shape index (κ3) is 4.01. The van der Waals surface area contributed by atoms with Gasteiger partial charge in [0, 0.05) is 65.9 Å². The number of alkyl halides is 1. The van der Waals surface area contributed by atoms with Crippen LogP contribution in [-0.4, -0.2) is 57.7 Å². The molecule has 0 unspecified atom stereocenters. The van der Waals surface area contributed by atoms with E-state index >= 15 is 4.39 Å². The lowest BCUT2D eigenvalue weighted by molar-refractivity contribution is 0.103. The van der Waals surface area contributed by atoms with Crippen LogP contribution in [0.2, 0.25) is 0 Å². The maximum absolute atomic E-state index is 15.3. The number of hydrogen-bond donors (Lipinski definition) is 2. The van der Waals surface area contributed by atoms with E-state index in [2.05, 4.69) is 24.7 Å². The molecule has 9 nitrogen and oxygen atoms in total. The number of nitrogens with zero attached hydrogens (tertiary/aromatic N) is 4. The van der Waals surface area contributed by atoms with Crippen molar-refractivity contribution in [3.63, 3.8) is 0 Å². The molecule has 2 aliphatic rings. The van der Waals surface area contributed by atoms with E-state index in [-0.39, 0.29) is 24.2 Å². The lowest BCUT2D eigenvalue weighted by Crippen LogP contribution is -2.53. The number of H-pyrrole nitrogens is 1. The number of rotatable bonds is 7. The van der Waals surface area contributed by atoms with Gasteiger partial charge in [0.2, 0.25) is 0 Å². The Hall–Kier alpha value is -3.77. The molecule has 4 heterocycles. The Kier molecular flexibility index (Phi) is 5.30. The largest absolute Gasteiger partial charge is 0.345 e. The van der Waals surface area contributed by atoms with Gasteiger partial charge in [0.05, 0.1) is 11.3 Å². The van der Waals surface area contributed by atoms with E-state index in [4.69, 9.17) is 0 Å². The van der Waals surface area contributed by atoms with Crippen LogP contribution in [-0.2, 0) is 10.2 Å². The van der Waals surface area contributed by atoms with Gasteiger partial charge in [-0.25, -0.2) is 23.7 Å². The highest BCUT2D eigenvalue weighted by molar-refractivity contribution is 7.90. The molecular weight excluding hydrogens is 490 g/mol. The van der Waals surface area contributed by atoms with Crippen molar-refractivity contribution in [3.8, 4) is 11.1 Å². The molecule has 184 valence electrons. The number of hydrogen-bond acceptors (Lipinski definition) is 6. The summed E-state index contributed by atoms with van der Waals surface area (Å²) in [5.41, 5.74) is 1.34. The summed E-state index contributed by atoms with van der Waals surface area (Å²) in [4.78, 5) is 29.5. The summed E-state index contributed by atoms with van der Waals surface area (Å²) in [6.45, 7) is -0.594. The van der Waals surface area contributed by atoms with Crippen molar-refractivity contribution in [3.05, 3.63) is 71.8 Å². The zero-order chi connectivity index (χ0) is 25.0. The van der Waals surface area contributed by atoms with E-state index in [1.807, 2.05) is 0 Å². The Morgan fingerprint density at radius 2 is 1.78 bits per heavy atom. The zero-order valence-corrected chi connectivity index (χ0v) is 19.6. The van der Waals surface area contributed by atoms with Crippen molar-refractivity contribution < 1.29 is 22.0 Å². The number of anilines is 1. The van der Waals surface area contributed by atoms with Gasteiger partial charge in [0.15, 0.2) is 11.6 Å². The summed E-state index contributed by atoms with van der Waals surface area (Å²) >= 11 is 0. The van der Waals surface area contributed by atoms with Gasteiger partial charge in [-0.2, -0.15) is 12.7 Å². The molecule has 1 aromatic carbocycles. The van der Waals surface area contributed by atoms with Crippen LogP contribution in [0.15, 0.2) is 49.1 Å². The average molecular weight is 511 g/mol. The van der Waals surface area contributed by atoms with Crippen molar-refractivity contribution in [1.29, 1.82) is 0 Å². The van der Waals surface area contributed by atoms with Gasteiger partial charge in [0.25, 0.3) is 0 Å². The van der Waals surface area contributed by atoms with Crippen LogP contribution in [0.25, 0.3) is 22.2 Å². The van der Waals surface area contributed by atoms with Crippen molar-refractivity contribution in [2.45, 2.75) is 24.9 Å². The molecule has 2 fully saturated rings. The predicted octanol–water partition coefficient (Wildman–Crippen LogP) is 3.58. The Bertz CT molecular complexity index is 1600. The van der Waals surface area contributed by atoms with E-state index < -0.39 is 33.7 Å². The zero-order valence-electron chi connectivity index (χ0n) is 18.8. The second kappa shape index (κ2) is 8.42. The average Bonchev–Trinajstić information content (AvgIpc) is 3.62. The number of carbonyl (C=O) groups excluding carboxylic acids is 1. The second-order valence-corrected chi connectivity index (χ2v) is 10.6. The number of fused-ring (bicyclic) bond motifs is 1. The molecule has 36 heavy (non-hydrogen) atoms. The van der Waals surface area contributed by atoms with Crippen LogP contribution < -0.4 is 4.72 Å². The Balaban J connectivity index is 1.31. The summed E-state index contributed by atoms with van der Waals surface area (Å²) in [6.07, 6.45) is 7.45. The number of benzene rings is 1. The molecule has 1 aliphatic carbocycles. The first-order valence-corrected chi connectivity index (χ1v) is 12.8. The maximum Gasteiger partial charge on any atom is 0.301 e. The summed E-state index contributed by atoms with van der Waals surface area (Å²) in [5, 5.41) is 0.476. The highest BCUT2D eigenvalue weighted by atomic mass is 32.2. The Morgan fingerprint density at radius 3 is 2.47 bits per heavy atom. The van der Waals surface area contributed by atoms with Gasteiger partial charge in [-0.3, -0.25) is 9.52 Å². The number of halogens is 2. The van der Waals surface area contributed by atoms with E-state index in [1.165, 1.54) is 24.4 Å². The number of carbonyl (C=O) groups is 1. The summed E-state index contributed by atoms with van der Waals surface area (Å²) in [6, 6.07) is 5.61. The van der Waals surface area contributed by atoms with Gasteiger partial charge in [-0.15, -0.1) is 0 Å². The monoisotopic (exact) mass is 510 g/mol. The molecule has 12 heteroatoms. The summed E-state index contributed by atoms with van der Waals surface area (Å²) in [7, 11) is -4.14. The second-order valence-electron chi connectivity index (χ2n) is 8.94. The summed E-state index contributed by atoms with van der Waals surface area (Å²) < 4.78 is 56.1. The minimum absolute atomic E-state index is 0.178. The quantitative estimate of drug-likeness (QED) is 0.367. The first-order chi connectivity index (χ1) is 17.3. The molecule has 0 amide bonds. The molecule has 0 spiro atoms. The Labute approximate surface area is 204 Å². The van der Waals surface area contributed by atoms with Gasteiger partial charge in [-0.05, 0) is 31.0 Å². The van der Waals surface area contributed by atoms with Crippen LogP contribution in [0.5, 0.6) is 0 Å². The minimum Gasteiger partial charge on any atom is -0.345 e. The fourth-order valence-electron chi connectivity index (χ4n) is 4.11. The van der Waals surface area contributed by atoms with Crippen LogP contribution in [0.4, 0.5) is 14.5 Å². The third-order valence-electron chi connectivity index (χ3n) is 6.35. The van der Waals surface area contributed by atoms with Crippen molar-refractivity contribution in [2.75, 3.05) is 17.8 Å². The first kappa shape index (κ1) is 22.7. The fourth-order valence-corrected chi connectivity index (χ4v) is 5.39. The van der Waals surface area contributed by atoms with Gasteiger partial charge < -0.3 is 4.98 Å². The van der Waals surface area contributed by atoms with Crippen molar-refractivity contribution in [2.24, 2.45) is 0 Å². The van der Waals surface area contributed by atoms with Gasteiger partial charge in [0.1, 0.15) is 17.6 Å². The lowest BCUT2D eigenvalue weighted by Gasteiger charge is -2.33. The summed E-state index contributed by atoms with van der Waals surface area (Å²) in [5.74, 6) is -0.428. The molecule has 1 saturated heterocycles. The third-order valence-corrected chi connectivity index (χ3v) is 7.80. The highest BCUT2D eigenvalue weighted by Gasteiger charge is 2.36. The lowest BCUT2D eigenvalue weighted by atomic mass is 10.0. The molecule has 4 aromatic rings. The maximum atomic E-state index is 15.3. The molecule has 0 radical (unpaired) electrons. The number of ketones is 1.